The molecule has 0 unspecified atom stereocenters. The smallest absolute Gasteiger partial charge is 0.290 e. The van der Waals surface area contributed by atoms with Crippen molar-refractivity contribution in [2.24, 2.45) is 0 Å². The highest BCUT2D eigenvalue weighted by molar-refractivity contribution is 5.77. The van der Waals surface area contributed by atoms with Gasteiger partial charge in [-0.2, -0.15) is 5.10 Å². The maximum atomic E-state index is 14.8. The van der Waals surface area contributed by atoms with E-state index in [1.807, 2.05) is 52.0 Å². The first kappa shape index (κ1) is 33.9. The molecule has 0 spiro atoms. The summed E-state index contributed by atoms with van der Waals surface area (Å²) in [5, 5.41) is 19.8. The van der Waals surface area contributed by atoms with Crippen LogP contribution in [0.25, 0.3) is 16.9 Å². The highest BCUT2D eigenvalue weighted by Crippen LogP contribution is 2.38. The second-order valence-corrected chi connectivity index (χ2v) is 10.8. The standard InChI is InChI=1S/C20H20FN3O2.C7H9N.C4H10O.CH2O2/c1-4-14-12(3)22-18-8-13(10-25)23-24(18)19(14)16-9-17(21)20-15(11(16)2)6-5-7-26-20;1-6-2-4-7(8)5-3-6;1-4(2,3)5;2-1-3/h8-10H,4-7H2,1-3H3;2-5H,8H2,1H3;5H,1-3H3;1H,(H,2,3). The van der Waals surface area contributed by atoms with Crippen molar-refractivity contribution in [1.82, 2.24) is 14.6 Å². The minimum absolute atomic E-state index is 0.250. The second-order valence-electron chi connectivity index (χ2n) is 10.8. The van der Waals surface area contributed by atoms with E-state index in [0.29, 0.717) is 30.0 Å². The van der Waals surface area contributed by atoms with Crippen LogP contribution in [0.15, 0.2) is 36.4 Å². The fourth-order valence-electron chi connectivity index (χ4n) is 4.40. The van der Waals surface area contributed by atoms with Gasteiger partial charge in [-0.15, -0.1) is 0 Å². The number of nitrogen functional groups attached to an aromatic ring is 1. The van der Waals surface area contributed by atoms with Crippen LogP contribution in [0.4, 0.5) is 10.1 Å². The van der Waals surface area contributed by atoms with Gasteiger partial charge in [0.15, 0.2) is 23.5 Å². The number of benzene rings is 2. The summed E-state index contributed by atoms with van der Waals surface area (Å²) in [4.78, 5) is 24.1. The lowest BCUT2D eigenvalue weighted by molar-refractivity contribution is -0.122. The van der Waals surface area contributed by atoms with Crippen LogP contribution in [0.2, 0.25) is 0 Å². The third-order valence-electron chi connectivity index (χ3n) is 6.17. The summed E-state index contributed by atoms with van der Waals surface area (Å²) in [6.45, 7) is 13.5. The maximum absolute atomic E-state index is 14.8. The van der Waals surface area contributed by atoms with E-state index in [2.05, 4.69) is 10.1 Å². The average molecular weight is 581 g/mol. The van der Waals surface area contributed by atoms with Crippen LogP contribution in [-0.4, -0.2) is 49.8 Å². The first-order chi connectivity index (χ1) is 19.7. The zero-order chi connectivity index (χ0) is 31.6. The van der Waals surface area contributed by atoms with Gasteiger partial charge in [-0.05, 0) is 90.1 Å². The lowest BCUT2D eigenvalue weighted by Crippen LogP contribution is -2.13. The molecule has 1 aliphatic heterocycles. The fourth-order valence-corrected chi connectivity index (χ4v) is 4.40. The van der Waals surface area contributed by atoms with Crippen LogP contribution in [0.3, 0.4) is 0 Å². The number of carbonyl (C=O) groups excluding carboxylic acids is 1. The number of aliphatic hydroxyl groups is 1. The number of fused-ring (bicyclic) bond motifs is 2. The van der Waals surface area contributed by atoms with Gasteiger partial charge in [-0.25, -0.2) is 13.9 Å². The Labute approximate surface area is 246 Å². The van der Waals surface area contributed by atoms with E-state index in [0.717, 1.165) is 58.6 Å². The van der Waals surface area contributed by atoms with E-state index in [4.69, 9.17) is 25.5 Å². The molecule has 0 bridgehead atoms. The third-order valence-corrected chi connectivity index (χ3v) is 6.17. The Morgan fingerprint density at radius 1 is 1.12 bits per heavy atom. The molecule has 0 atom stereocenters. The molecule has 226 valence electrons. The number of ether oxygens (including phenoxy) is 1. The van der Waals surface area contributed by atoms with Crippen LogP contribution >= 0.6 is 0 Å². The summed E-state index contributed by atoms with van der Waals surface area (Å²) in [6.07, 6.45) is 3.10. The monoisotopic (exact) mass is 580 g/mol. The van der Waals surface area contributed by atoms with Crippen LogP contribution in [0, 0.1) is 26.6 Å². The zero-order valence-electron chi connectivity index (χ0n) is 25.4. The number of aromatic nitrogens is 3. The number of carbonyl (C=O) groups is 2. The van der Waals surface area contributed by atoms with Gasteiger partial charge in [-0.3, -0.25) is 9.59 Å². The molecule has 3 heterocycles. The van der Waals surface area contributed by atoms with E-state index in [1.54, 1.807) is 31.4 Å². The summed E-state index contributed by atoms with van der Waals surface area (Å²) in [6, 6.07) is 11.0. The molecule has 0 amide bonds. The van der Waals surface area contributed by atoms with E-state index in [1.165, 1.54) is 11.6 Å². The summed E-state index contributed by atoms with van der Waals surface area (Å²) in [7, 11) is 0. The zero-order valence-corrected chi connectivity index (χ0v) is 25.4. The van der Waals surface area contributed by atoms with Crippen molar-refractivity contribution in [3.8, 4) is 17.0 Å². The molecule has 4 aromatic rings. The number of rotatable bonds is 3. The van der Waals surface area contributed by atoms with Crippen LogP contribution in [-0.2, 0) is 17.6 Å². The van der Waals surface area contributed by atoms with Crippen molar-refractivity contribution >= 4 is 24.1 Å². The molecule has 4 N–H and O–H groups in total. The van der Waals surface area contributed by atoms with E-state index in [-0.39, 0.29) is 12.3 Å². The van der Waals surface area contributed by atoms with Crippen molar-refractivity contribution < 1.29 is 28.9 Å². The molecule has 2 aromatic heterocycles. The first-order valence-corrected chi connectivity index (χ1v) is 13.7. The summed E-state index contributed by atoms with van der Waals surface area (Å²) in [5.74, 6) is 0.0133. The minimum atomic E-state index is -0.500. The predicted octanol–water partition coefficient (Wildman–Crippen LogP) is 5.91. The molecule has 42 heavy (non-hydrogen) atoms. The molecule has 10 heteroatoms. The third kappa shape index (κ3) is 9.10. The van der Waals surface area contributed by atoms with Gasteiger partial charge in [0.05, 0.1) is 17.9 Å². The average Bonchev–Trinajstić information content (AvgIpc) is 3.34. The lowest BCUT2D eigenvalue weighted by atomic mass is 9.92. The molecular weight excluding hydrogens is 539 g/mol. The van der Waals surface area contributed by atoms with Crippen LogP contribution in [0.1, 0.15) is 72.6 Å². The highest BCUT2D eigenvalue weighted by Gasteiger charge is 2.24. The molecule has 1 aliphatic rings. The highest BCUT2D eigenvalue weighted by atomic mass is 19.1. The number of hydrogen-bond acceptors (Lipinski definition) is 7. The number of carboxylic acid groups (broad SMARTS) is 1. The Kier molecular flexibility index (Phi) is 12.2. The van der Waals surface area contributed by atoms with E-state index in [9.17, 15) is 9.18 Å². The number of nitrogens with two attached hydrogens (primary N) is 1. The van der Waals surface area contributed by atoms with Crippen LogP contribution in [0.5, 0.6) is 5.75 Å². The van der Waals surface area contributed by atoms with E-state index >= 15 is 0 Å². The predicted molar refractivity (Wildman–Crippen MR) is 163 cm³/mol. The molecule has 0 aliphatic carbocycles. The van der Waals surface area contributed by atoms with Gasteiger partial charge in [0.1, 0.15) is 5.69 Å². The molecule has 9 nitrogen and oxygen atoms in total. The topological polar surface area (TPSA) is 140 Å². The normalized spacial score (nSPS) is 11.8. The van der Waals surface area contributed by atoms with Gasteiger partial charge in [0, 0.05) is 28.6 Å². The number of aryl methyl sites for hydroxylation is 2. The van der Waals surface area contributed by atoms with Gasteiger partial charge in [0.2, 0.25) is 0 Å². The molecular formula is C32H41FN4O5. The van der Waals surface area contributed by atoms with Gasteiger partial charge in [0.25, 0.3) is 6.47 Å². The Hall–Kier alpha value is -4.31. The van der Waals surface area contributed by atoms with Gasteiger partial charge < -0.3 is 20.7 Å². The molecule has 0 fully saturated rings. The summed E-state index contributed by atoms with van der Waals surface area (Å²) in [5.41, 5.74) is 13.2. The van der Waals surface area contributed by atoms with Crippen molar-refractivity contribution in [2.75, 3.05) is 12.3 Å². The Bertz CT molecular complexity index is 1480. The lowest BCUT2D eigenvalue weighted by Gasteiger charge is -2.23. The Morgan fingerprint density at radius 3 is 2.24 bits per heavy atom. The Balaban J connectivity index is 0.000000316. The van der Waals surface area contributed by atoms with Crippen molar-refractivity contribution in [3.63, 3.8) is 0 Å². The molecule has 0 saturated heterocycles. The molecule has 0 saturated carbocycles. The minimum Gasteiger partial charge on any atom is -0.490 e. The van der Waals surface area contributed by atoms with E-state index < -0.39 is 5.60 Å². The molecule has 2 aromatic carbocycles. The quantitative estimate of drug-likeness (QED) is 0.201. The van der Waals surface area contributed by atoms with Gasteiger partial charge >= 0.3 is 0 Å². The molecule has 5 rings (SSSR count). The second kappa shape index (κ2) is 15.1. The number of hydrogen-bond donors (Lipinski definition) is 3. The first-order valence-electron chi connectivity index (χ1n) is 13.7. The summed E-state index contributed by atoms with van der Waals surface area (Å²) < 4.78 is 22.0. The van der Waals surface area contributed by atoms with Crippen molar-refractivity contribution in [3.05, 3.63) is 75.9 Å². The fraction of sp³-hybridized carbons (Fsp3) is 0.375. The number of nitrogens with zero attached hydrogens (tertiary/aromatic N) is 3. The van der Waals surface area contributed by atoms with Crippen molar-refractivity contribution in [1.29, 1.82) is 0 Å². The SMILES string of the molecule is CC(C)(C)O.CCc1c(C)nc2cc(C=O)nn2c1-c1cc(F)c2c(c1C)CCCO2.Cc1ccc(N)cc1.O=CO. The van der Waals surface area contributed by atoms with Gasteiger partial charge in [-0.1, -0.05) is 24.6 Å². The number of halogens is 1. The maximum Gasteiger partial charge on any atom is 0.290 e. The van der Waals surface area contributed by atoms with Crippen molar-refractivity contribution in [2.45, 2.75) is 73.3 Å². The summed E-state index contributed by atoms with van der Waals surface area (Å²) >= 11 is 0. The van der Waals surface area contributed by atoms with Crippen LogP contribution < -0.4 is 10.5 Å². The molecule has 0 radical (unpaired) electrons. The Morgan fingerprint density at radius 2 is 1.71 bits per heavy atom. The number of anilines is 1. The number of aldehydes is 1. The largest absolute Gasteiger partial charge is 0.490 e.